The number of nitrogens with zero attached hydrogens (tertiary/aromatic N) is 1. The molecule has 0 amide bonds. The number of aryl methyl sites for hydroxylation is 1. The van der Waals surface area contributed by atoms with Gasteiger partial charge in [0.1, 0.15) is 5.52 Å². The maximum absolute atomic E-state index is 5.83. The van der Waals surface area contributed by atoms with Crippen molar-refractivity contribution >= 4 is 34.3 Å². The Morgan fingerprint density at radius 3 is 2.69 bits per heavy atom. The van der Waals surface area contributed by atoms with E-state index in [1.165, 1.54) is 0 Å². The Balaban J connectivity index is 2.70. The van der Waals surface area contributed by atoms with Crippen molar-refractivity contribution in [3.63, 3.8) is 0 Å². The molecule has 2 rings (SSSR count). The third-order valence-electron chi connectivity index (χ3n) is 1.78. The zero-order chi connectivity index (χ0) is 9.42. The van der Waals surface area contributed by atoms with Gasteiger partial charge in [0.2, 0.25) is 0 Å². The quantitative estimate of drug-likeness (QED) is 0.726. The highest BCUT2D eigenvalue weighted by molar-refractivity contribution is 6.42. The van der Waals surface area contributed by atoms with Crippen LogP contribution in [0, 0.1) is 0 Å². The van der Waals surface area contributed by atoms with Crippen molar-refractivity contribution in [2.45, 2.75) is 13.3 Å². The van der Waals surface area contributed by atoms with E-state index >= 15 is 0 Å². The fourth-order valence-corrected chi connectivity index (χ4v) is 1.43. The highest BCUT2D eigenvalue weighted by Crippen LogP contribution is 2.28. The third kappa shape index (κ3) is 1.52. The van der Waals surface area contributed by atoms with E-state index in [9.17, 15) is 0 Å². The van der Waals surface area contributed by atoms with E-state index in [4.69, 9.17) is 27.6 Å². The first-order valence-corrected chi connectivity index (χ1v) is 4.70. The molecule has 2 aromatic rings. The lowest BCUT2D eigenvalue weighted by molar-refractivity contribution is 0.538. The van der Waals surface area contributed by atoms with Gasteiger partial charge in [0.05, 0.1) is 10.0 Å². The molecule has 0 saturated carbocycles. The van der Waals surface area contributed by atoms with E-state index in [0.717, 1.165) is 11.9 Å². The van der Waals surface area contributed by atoms with Crippen LogP contribution in [-0.4, -0.2) is 4.98 Å². The van der Waals surface area contributed by atoms with E-state index in [-0.39, 0.29) is 0 Å². The van der Waals surface area contributed by atoms with Gasteiger partial charge < -0.3 is 4.42 Å². The zero-order valence-corrected chi connectivity index (χ0v) is 8.49. The van der Waals surface area contributed by atoms with Gasteiger partial charge in [-0.2, -0.15) is 0 Å². The van der Waals surface area contributed by atoms with Crippen LogP contribution < -0.4 is 0 Å². The number of halogens is 2. The van der Waals surface area contributed by atoms with E-state index in [0.29, 0.717) is 21.5 Å². The fourth-order valence-electron chi connectivity index (χ4n) is 1.12. The lowest BCUT2D eigenvalue weighted by atomic mass is 10.3. The van der Waals surface area contributed by atoms with Crippen LogP contribution in [0.5, 0.6) is 0 Å². The summed E-state index contributed by atoms with van der Waals surface area (Å²) in [4.78, 5) is 4.22. The van der Waals surface area contributed by atoms with Crippen LogP contribution in [0.2, 0.25) is 10.0 Å². The van der Waals surface area contributed by atoms with Crippen LogP contribution in [0.15, 0.2) is 16.5 Å². The van der Waals surface area contributed by atoms with Crippen LogP contribution in [0.3, 0.4) is 0 Å². The lowest BCUT2D eigenvalue weighted by Crippen LogP contribution is -1.75. The summed E-state index contributed by atoms with van der Waals surface area (Å²) in [7, 11) is 0. The molecule has 1 aromatic heterocycles. The van der Waals surface area contributed by atoms with Crippen molar-refractivity contribution in [1.82, 2.24) is 4.98 Å². The molecule has 68 valence electrons. The van der Waals surface area contributed by atoms with Gasteiger partial charge in [0.25, 0.3) is 0 Å². The maximum atomic E-state index is 5.83. The number of rotatable bonds is 1. The topological polar surface area (TPSA) is 26.0 Å². The molecular formula is C9H7Cl2NO. The Labute approximate surface area is 85.5 Å². The van der Waals surface area contributed by atoms with Crippen LogP contribution in [0.25, 0.3) is 11.1 Å². The van der Waals surface area contributed by atoms with Crippen LogP contribution in [0.4, 0.5) is 0 Å². The summed E-state index contributed by atoms with van der Waals surface area (Å²) in [5.74, 6) is 0.702. The second-order valence-corrected chi connectivity index (χ2v) is 3.51. The van der Waals surface area contributed by atoms with Gasteiger partial charge in [0.15, 0.2) is 11.5 Å². The molecule has 4 heteroatoms. The van der Waals surface area contributed by atoms with Crippen molar-refractivity contribution in [3.05, 3.63) is 28.1 Å². The minimum absolute atomic E-state index is 0.493. The number of hydrogen-bond donors (Lipinski definition) is 0. The van der Waals surface area contributed by atoms with E-state index < -0.39 is 0 Å². The Hall–Kier alpha value is -0.730. The smallest absolute Gasteiger partial charge is 0.195 e. The molecule has 0 aliphatic rings. The van der Waals surface area contributed by atoms with E-state index in [2.05, 4.69) is 4.98 Å². The summed E-state index contributed by atoms with van der Waals surface area (Å²) in [6.45, 7) is 1.98. The number of aromatic nitrogens is 1. The van der Waals surface area contributed by atoms with Crippen LogP contribution in [0.1, 0.15) is 12.8 Å². The lowest BCUT2D eigenvalue weighted by Gasteiger charge is -1.91. The predicted octanol–water partition coefficient (Wildman–Crippen LogP) is 3.70. The molecule has 0 unspecified atom stereocenters. The van der Waals surface area contributed by atoms with Gasteiger partial charge in [-0.1, -0.05) is 30.1 Å². The highest BCUT2D eigenvalue weighted by Gasteiger charge is 2.07. The standard InChI is InChI=1S/C9H7Cl2NO/c1-2-9-12-7-3-5(10)6(11)4-8(7)13-9/h3-4H,2H2,1H3. The van der Waals surface area contributed by atoms with Gasteiger partial charge in [0, 0.05) is 12.5 Å². The minimum atomic E-state index is 0.493. The number of fused-ring (bicyclic) bond motifs is 1. The van der Waals surface area contributed by atoms with Crippen LogP contribution in [-0.2, 0) is 6.42 Å². The average Bonchev–Trinajstić information content (AvgIpc) is 2.48. The molecular weight excluding hydrogens is 209 g/mol. The highest BCUT2D eigenvalue weighted by atomic mass is 35.5. The van der Waals surface area contributed by atoms with Crippen molar-refractivity contribution in [2.24, 2.45) is 0 Å². The summed E-state index contributed by atoms with van der Waals surface area (Å²) in [5.41, 5.74) is 1.44. The average molecular weight is 216 g/mol. The first-order valence-electron chi connectivity index (χ1n) is 3.95. The van der Waals surface area contributed by atoms with Gasteiger partial charge in [-0.05, 0) is 6.07 Å². The number of hydrogen-bond acceptors (Lipinski definition) is 2. The van der Waals surface area contributed by atoms with Crippen LogP contribution >= 0.6 is 23.2 Å². The number of oxazole rings is 1. The molecule has 1 heterocycles. The Kier molecular flexibility index (Phi) is 2.18. The fraction of sp³-hybridized carbons (Fsp3) is 0.222. The monoisotopic (exact) mass is 215 g/mol. The van der Waals surface area contributed by atoms with E-state index in [1.807, 2.05) is 6.92 Å². The summed E-state index contributed by atoms with van der Waals surface area (Å²) in [6, 6.07) is 3.40. The molecule has 0 fully saturated rings. The molecule has 13 heavy (non-hydrogen) atoms. The van der Waals surface area contributed by atoms with Crippen molar-refractivity contribution in [1.29, 1.82) is 0 Å². The van der Waals surface area contributed by atoms with Gasteiger partial charge >= 0.3 is 0 Å². The second kappa shape index (κ2) is 3.20. The molecule has 1 aromatic carbocycles. The SMILES string of the molecule is CCc1nc2cc(Cl)c(Cl)cc2o1. The first kappa shape index (κ1) is 8.85. The molecule has 0 saturated heterocycles. The van der Waals surface area contributed by atoms with Crippen molar-refractivity contribution in [3.8, 4) is 0 Å². The number of benzene rings is 1. The maximum Gasteiger partial charge on any atom is 0.195 e. The normalized spacial score (nSPS) is 11.0. The van der Waals surface area contributed by atoms with E-state index in [1.54, 1.807) is 12.1 Å². The van der Waals surface area contributed by atoms with Crippen molar-refractivity contribution < 1.29 is 4.42 Å². The van der Waals surface area contributed by atoms with Gasteiger partial charge in [-0.25, -0.2) is 4.98 Å². The second-order valence-electron chi connectivity index (χ2n) is 2.70. The minimum Gasteiger partial charge on any atom is -0.441 e. The zero-order valence-electron chi connectivity index (χ0n) is 6.97. The predicted molar refractivity (Wildman–Crippen MR) is 53.4 cm³/mol. The molecule has 0 aliphatic heterocycles. The first-order chi connectivity index (χ1) is 6.20. The van der Waals surface area contributed by atoms with Gasteiger partial charge in [-0.3, -0.25) is 0 Å². The Bertz CT molecular complexity index is 411. The molecule has 0 N–H and O–H groups in total. The van der Waals surface area contributed by atoms with Gasteiger partial charge in [-0.15, -0.1) is 0 Å². The Morgan fingerprint density at radius 2 is 2.00 bits per heavy atom. The molecule has 0 atom stereocenters. The summed E-state index contributed by atoms with van der Waals surface area (Å²) < 4.78 is 5.40. The molecule has 0 radical (unpaired) electrons. The summed E-state index contributed by atoms with van der Waals surface area (Å²) >= 11 is 11.6. The Morgan fingerprint density at radius 1 is 1.31 bits per heavy atom. The third-order valence-corrected chi connectivity index (χ3v) is 2.50. The molecule has 0 bridgehead atoms. The molecule has 2 nitrogen and oxygen atoms in total. The molecule has 0 aliphatic carbocycles. The summed E-state index contributed by atoms with van der Waals surface area (Å²) in [5, 5.41) is 0.998. The largest absolute Gasteiger partial charge is 0.441 e. The molecule has 0 spiro atoms. The summed E-state index contributed by atoms with van der Waals surface area (Å²) in [6.07, 6.45) is 0.768. The van der Waals surface area contributed by atoms with Crippen molar-refractivity contribution in [2.75, 3.05) is 0 Å².